The minimum absolute atomic E-state index is 0.692. The highest BCUT2D eigenvalue weighted by Gasteiger charge is 2.05. The standard InChI is InChI=1S/C9H10N4OS/c1-14-6-2-3-7(10)8(4-6)15-9-11-5-12-13-9/h2-5H,10H2,1H3,(H,11,12,13). The van der Waals surface area contributed by atoms with Gasteiger partial charge >= 0.3 is 0 Å². The first-order valence-electron chi connectivity index (χ1n) is 4.26. The number of nitrogens with one attached hydrogen (secondary N) is 1. The summed E-state index contributed by atoms with van der Waals surface area (Å²) in [5.74, 6) is 0.770. The van der Waals surface area contributed by atoms with Crippen LogP contribution in [0.4, 0.5) is 5.69 Å². The number of ether oxygens (including phenoxy) is 1. The third kappa shape index (κ3) is 2.21. The summed E-state index contributed by atoms with van der Waals surface area (Å²) in [5, 5.41) is 7.22. The number of methoxy groups -OCH3 is 1. The SMILES string of the molecule is COc1ccc(N)c(Sc2ncn[nH]2)c1. The van der Waals surface area contributed by atoms with Crippen LogP contribution >= 0.6 is 11.8 Å². The predicted molar refractivity (Wildman–Crippen MR) is 57.9 cm³/mol. The van der Waals surface area contributed by atoms with Crippen molar-refractivity contribution in [2.75, 3.05) is 12.8 Å². The predicted octanol–water partition coefficient (Wildman–Crippen LogP) is 1.55. The van der Waals surface area contributed by atoms with Gasteiger partial charge in [-0.25, -0.2) is 4.98 Å². The molecule has 5 nitrogen and oxygen atoms in total. The van der Waals surface area contributed by atoms with Gasteiger partial charge in [-0.05, 0) is 30.0 Å². The number of nitrogens with two attached hydrogens (primary N) is 1. The Morgan fingerprint density at radius 1 is 1.47 bits per heavy atom. The fourth-order valence-electron chi connectivity index (χ4n) is 1.08. The summed E-state index contributed by atoms with van der Waals surface area (Å²) < 4.78 is 5.11. The number of rotatable bonds is 3. The first-order chi connectivity index (χ1) is 7.29. The zero-order valence-corrected chi connectivity index (χ0v) is 8.91. The molecule has 0 bridgehead atoms. The average molecular weight is 222 g/mol. The van der Waals surface area contributed by atoms with Crippen molar-refractivity contribution in [2.24, 2.45) is 0 Å². The minimum atomic E-state index is 0.692. The maximum atomic E-state index is 5.82. The van der Waals surface area contributed by atoms with Gasteiger partial charge in [0.25, 0.3) is 0 Å². The molecule has 15 heavy (non-hydrogen) atoms. The fourth-order valence-corrected chi connectivity index (χ4v) is 1.85. The van der Waals surface area contributed by atoms with E-state index in [0.717, 1.165) is 10.6 Å². The third-order valence-electron chi connectivity index (χ3n) is 1.82. The number of hydrogen-bond donors (Lipinski definition) is 2. The van der Waals surface area contributed by atoms with Crippen LogP contribution in [0, 0.1) is 0 Å². The van der Waals surface area contributed by atoms with Gasteiger partial charge in [-0.3, -0.25) is 5.10 Å². The van der Waals surface area contributed by atoms with Crippen molar-refractivity contribution in [3.63, 3.8) is 0 Å². The normalized spacial score (nSPS) is 10.2. The number of H-pyrrole nitrogens is 1. The molecule has 0 spiro atoms. The number of aromatic nitrogens is 3. The molecule has 78 valence electrons. The lowest BCUT2D eigenvalue weighted by Gasteiger charge is -2.05. The smallest absolute Gasteiger partial charge is 0.188 e. The molecule has 2 rings (SSSR count). The van der Waals surface area contributed by atoms with E-state index in [1.165, 1.54) is 18.1 Å². The maximum Gasteiger partial charge on any atom is 0.188 e. The molecule has 0 atom stereocenters. The van der Waals surface area contributed by atoms with Crippen LogP contribution < -0.4 is 10.5 Å². The van der Waals surface area contributed by atoms with E-state index >= 15 is 0 Å². The molecule has 6 heteroatoms. The Morgan fingerprint density at radius 2 is 2.33 bits per heavy atom. The summed E-state index contributed by atoms with van der Waals surface area (Å²) in [4.78, 5) is 4.90. The van der Waals surface area contributed by atoms with E-state index in [1.54, 1.807) is 13.2 Å². The van der Waals surface area contributed by atoms with E-state index in [1.807, 2.05) is 12.1 Å². The van der Waals surface area contributed by atoms with Gasteiger partial charge in [-0.15, -0.1) is 0 Å². The van der Waals surface area contributed by atoms with Gasteiger partial charge in [-0.2, -0.15) is 5.10 Å². The van der Waals surface area contributed by atoms with Gasteiger partial charge < -0.3 is 10.5 Å². The maximum absolute atomic E-state index is 5.82. The Hall–Kier alpha value is -1.69. The Balaban J connectivity index is 2.27. The molecule has 0 saturated carbocycles. The Morgan fingerprint density at radius 3 is 3.00 bits per heavy atom. The topological polar surface area (TPSA) is 76.8 Å². The van der Waals surface area contributed by atoms with Crippen molar-refractivity contribution in [3.8, 4) is 5.75 Å². The van der Waals surface area contributed by atoms with Gasteiger partial charge in [0.2, 0.25) is 0 Å². The van der Waals surface area contributed by atoms with Crippen molar-refractivity contribution < 1.29 is 4.74 Å². The summed E-state index contributed by atoms with van der Waals surface area (Å²) in [6, 6.07) is 5.49. The minimum Gasteiger partial charge on any atom is -0.497 e. The van der Waals surface area contributed by atoms with E-state index in [0.29, 0.717) is 10.8 Å². The highest BCUT2D eigenvalue weighted by molar-refractivity contribution is 7.99. The van der Waals surface area contributed by atoms with E-state index < -0.39 is 0 Å². The first kappa shape index (κ1) is 9.85. The number of anilines is 1. The van der Waals surface area contributed by atoms with Crippen molar-refractivity contribution in [1.82, 2.24) is 15.2 Å². The summed E-state index contributed by atoms with van der Waals surface area (Å²) in [5.41, 5.74) is 6.51. The lowest BCUT2D eigenvalue weighted by atomic mass is 10.3. The Bertz CT molecular complexity index is 443. The number of nitrogens with zero attached hydrogens (tertiary/aromatic N) is 2. The molecular formula is C9H10N4OS. The van der Waals surface area contributed by atoms with E-state index in [-0.39, 0.29) is 0 Å². The van der Waals surface area contributed by atoms with Gasteiger partial charge in [0.1, 0.15) is 12.1 Å². The average Bonchev–Trinajstić information content (AvgIpc) is 2.74. The summed E-state index contributed by atoms with van der Waals surface area (Å²) >= 11 is 1.42. The molecular weight excluding hydrogens is 212 g/mol. The molecule has 1 heterocycles. The van der Waals surface area contributed by atoms with Crippen molar-refractivity contribution in [1.29, 1.82) is 0 Å². The molecule has 2 aromatic rings. The highest BCUT2D eigenvalue weighted by Crippen LogP contribution is 2.32. The molecule has 1 aromatic heterocycles. The lowest BCUT2D eigenvalue weighted by molar-refractivity contribution is 0.414. The molecule has 0 aliphatic carbocycles. The molecule has 0 radical (unpaired) electrons. The van der Waals surface area contributed by atoms with Gasteiger partial charge in [0.05, 0.1) is 7.11 Å². The van der Waals surface area contributed by atoms with Crippen LogP contribution in [0.15, 0.2) is 34.6 Å². The van der Waals surface area contributed by atoms with E-state index in [9.17, 15) is 0 Å². The quantitative estimate of drug-likeness (QED) is 0.770. The molecule has 3 N–H and O–H groups in total. The van der Waals surface area contributed by atoms with Gasteiger partial charge in [0.15, 0.2) is 5.16 Å². The van der Waals surface area contributed by atoms with Crippen LogP contribution in [-0.2, 0) is 0 Å². The monoisotopic (exact) mass is 222 g/mol. The zero-order chi connectivity index (χ0) is 10.7. The molecule has 0 aliphatic rings. The van der Waals surface area contributed by atoms with Crippen LogP contribution in [0.5, 0.6) is 5.75 Å². The van der Waals surface area contributed by atoms with E-state index in [2.05, 4.69) is 15.2 Å². The number of aromatic amines is 1. The molecule has 1 aromatic carbocycles. The number of benzene rings is 1. The fraction of sp³-hybridized carbons (Fsp3) is 0.111. The number of nitrogen functional groups attached to an aromatic ring is 1. The molecule has 0 fully saturated rings. The third-order valence-corrected chi connectivity index (χ3v) is 2.78. The van der Waals surface area contributed by atoms with Crippen LogP contribution in [0.1, 0.15) is 0 Å². The van der Waals surface area contributed by atoms with Crippen LogP contribution in [0.3, 0.4) is 0 Å². The van der Waals surface area contributed by atoms with Crippen LogP contribution in [0.25, 0.3) is 0 Å². The summed E-state index contributed by atoms with van der Waals surface area (Å²) in [6.45, 7) is 0. The Kier molecular flexibility index (Phi) is 2.77. The molecule has 0 unspecified atom stereocenters. The van der Waals surface area contributed by atoms with E-state index in [4.69, 9.17) is 10.5 Å². The van der Waals surface area contributed by atoms with Crippen molar-refractivity contribution in [2.45, 2.75) is 10.1 Å². The summed E-state index contributed by atoms with van der Waals surface area (Å²) in [7, 11) is 1.62. The van der Waals surface area contributed by atoms with Crippen molar-refractivity contribution in [3.05, 3.63) is 24.5 Å². The molecule has 0 aliphatic heterocycles. The second kappa shape index (κ2) is 4.22. The van der Waals surface area contributed by atoms with Gasteiger partial charge in [0, 0.05) is 10.6 Å². The molecule has 0 amide bonds. The summed E-state index contributed by atoms with van der Waals surface area (Å²) in [6.07, 6.45) is 1.46. The largest absolute Gasteiger partial charge is 0.497 e. The number of hydrogen-bond acceptors (Lipinski definition) is 5. The zero-order valence-electron chi connectivity index (χ0n) is 8.10. The second-order valence-electron chi connectivity index (χ2n) is 2.80. The Labute approximate surface area is 91.0 Å². The van der Waals surface area contributed by atoms with Crippen LogP contribution in [0.2, 0.25) is 0 Å². The second-order valence-corrected chi connectivity index (χ2v) is 3.83. The highest BCUT2D eigenvalue weighted by atomic mass is 32.2. The molecule has 0 saturated heterocycles. The van der Waals surface area contributed by atoms with Gasteiger partial charge in [-0.1, -0.05) is 0 Å². The lowest BCUT2D eigenvalue weighted by Crippen LogP contribution is -1.90. The first-order valence-corrected chi connectivity index (χ1v) is 5.08. The van der Waals surface area contributed by atoms with Crippen LogP contribution in [-0.4, -0.2) is 22.3 Å². The van der Waals surface area contributed by atoms with Crippen molar-refractivity contribution >= 4 is 17.4 Å².